The molecule has 1 aliphatic rings. The van der Waals surface area contributed by atoms with Gasteiger partial charge in [-0.05, 0) is 55.2 Å². The normalized spacial score (nSPS) is 12.5. The summed E-state index contributed by atoms with van der Waals surface area (Å²) in [6.07, 6.45) is 6.80. The summed E-state index contributed by atoms with van der Waals surface area (Å²) < 4.78 is 22.9. The van der Waals surface area contributed by atoms with E-state index in [0.29, 0.717) is 52.1 Å². The fraction of sp³-hybridized carbons (Fsp3) is 0.231. The summed E-state index contributed by atoms with van der Waals surface area (Å²) >= 11 is 0. The number of hydrogen-bond acceptors (Lipinski definition) is 8. The van der Waals surface area contributed by atoms with Gasteiger partial charge >= 0.3 is 0 Å². The van der Waals surface area contributed by atoms with Gasteiger partial charge in [0.15, 0.2) is 17.3 Å². The van der Waals surface area contributed by atoms with Crippen LogP contribution in [0.1, 0.15) is 23.2 Å². The Kier molecular flexibility index (Phi) is 6.50. The first-order valence-electron chi connectivity index (χ1n) is 11.6. The number of carbonyl (C=O) groups is 1. The quantitative estimate of drug-likeness (QED) is 0.350. The highest BCUT2D eigenvalue weighted by atomic mass is 16.5. The molecule has 0 atom stereocenters. The van der Waals surface area contributed by atoms with Crippen molar-refractivity contribution >= 4 is 17.8 Å². The summed E-state index contributed by atoms with van der Waals surface area (Å²) in [5.41, 5.74) is 2.37. The predicted octanol–water partition coefficient (Wildman–Crippen LogP) is 3.38. The summed E-state index contributed by atoms with van der Waals surface area (Å²) in [6.45, 7) is 0. The van der Waals surface area contributed by atoms with Crippen LogP contribution in [0, 0.1) is 0 Å². The van der Waals surface area contributed by atoms with Crippen LogP contribution in [0.3, 0.4) is 0 Å². The van der Waals surface area contributed by atoms with E-state index in [1.807, 2.05) is 0 Å². The summed E-state index contributed by atoms with van der Waals surface area (Å²) in [5, 5.41) is 7.34. The number of rotatable bonds is 8. The van der Waals surface area contributed by atoms with Crippen molar-refractivity contribution in [1.29, 1.82) is 0 Å². The average molecular weight is 504 g/mol. The summed E-state index contributed by atoms with van der Waals surface area (Å²) in [6, 6.07) is 8.59. The number of anilines is 1. The maximum absolute atomic E-state index is 12.9. The Morgan fingerprint density at radius 1 is 1.14 bits per heavy atom. The van der Waals surface area contributed by atoms with Gasteiger partial charge in [0.2, 0.25) is 17.6 Å². The molecular weight excluding hydrogens is 478 g/mol. The van der Waals surface area contributed by atoms with E-state index in [0.717, 1.165) is 18.5 Å². The minimum atomic E-state index is -0.426. The first kappa shape index (κ1) is 23.9. The van der Waals surface area contributed by atoms with E-state index in [1.165, 1.54) is 38.4 Å². The molecule has 1 aliphatic carbocycles. The summed E-state index contributed by atoms with van der Waals surface area (Å²) in [7, 11) is 4.56. The molecule has 0 unspecified atom stereocenters. The Hall–Kier alpha value is -4.80. The molecule has 0 fully saturated rings. The van der Waals surface area contributed by atoms with Gasteiger partial charge in [-0.1, -0.05) is 0 Å². The number of carbonyl (C=O) groups excluding carboxylic acids is 1. The number of methoxy groups -OCH3 is 3. The van der Waals surface area contributed by atoms with Crippen LogP contribution in [0.15, 0.2) is 51.9 Å². The van der Waals surface area contributed by atoms with Crippen molar-refractivity contribution in [2.45, 2.75) is 19.3 Å². The van der Waals surface area contributed by atoms with E-state index in [9.17, 15) is 9.59 Å². The van der Waals surface area contributed by atoms with Gasteiger partial charge in [-0.15, -0.1) is 0 Å². The first-order chi connectivity index (χ1) is 18.0. The Morgan fingerprint density at radius 3 is 2.59 bits per heavy atom. The second-order valence-corrected chi connectivity index (χ2v) is 8.25. The molecule has 11 heteroatoms. The molecule has 3 heterocycles. The van der Waals surface area contributed by atoms with Crippen molar-refractivity contribution in [2.24, 2.45) is 0 Å². The molecular formula is C26H25N5O6. The highest BCUT2D eigenvalue weighted by Crippen LogP contribution is 2.38. The van der Waals surface area contributed by atoms with Crippen LogP contribution in [0.25, 0.3) is 23.5 Å². The van der Waals surface area contributed by atoms with Gasteiger partial charge in [0, 0.05) is 17.7 Å². The number of aromatic amines is 1. The molecule has 0 aliphatic heterocycles. The van der Waals surface area contributed by atoms with Crippen LogP contribution in [-0.4, -0.2) is 47.0 Å². The molecule has 1 amide bonds. The zero-order valence-electron chi connectivity index (χ0n) is 20.5. The lowest BCUT2D eigenvalue weighted by molar-refractivity contribution is -0.111. The lowest BCUT2D eigenvalue weighted by Crippen LogP contribution is -2.20. The lowest BCUT2D eigenvalue weighted by atomic mass is 10.1. The molecule has 190 valence electrons. The molecule has 1 aromatic carbocycles. The number of nitrogens with zero attached hydrogens (tertiary/aromatic N) is 3. The van der Waals surface area contributed by atoms with Crippen molar-refractivity contribution < 1.29 is 23.4 Å². The Labute approximate surface area is 211 Å². The summed E-state index contributed by atoms with van der Waals surface area (Å²) in [4.78, 5) is 32.9. The molecule has 5 rings (SSSR count). The van der Waals surface area contributed by atoms with Crippen LogP contribution in [0.5, 0.6) is 17.2 Å². The van der Waals surface area contributed by atoms with Crippen molar-refractivity contribution in [1.82, 2.24) is 19.7 Å². The van der Waals surface area contributed by atoms with E-state index in [4.69, 9.17) is 18.6 Å². The molecule has 37 heavy (non-hydrogen) atoms. The van der Waals surface area contributed by atoms with Crippen LogP contribution >= 0.6 is 0 Å². The highest BCUT2D eigenvalue weighted by Gasteiger charge is 2.21. The first-order valence-corrected chi connectivity index (χ1v) is 11.6. The second kappa shape index (κ2) is 10.1. The van der Waals surface area contributed by atoms with Gasteiger partial charge in [0.05, 0.1) is 33.3 Å². The number of aromatic nitrogens is 4. The fourth-order valence-corrected chi connectivity index (χ4v) is 4.24. The average Bonchev–Trinajstić information content (AvgIpc) is 3.67. The standard InChI is InChI=1S/C26H25N5O6/c1-34-20-12-15(13-21(35-2)24(20)36-3)9-10-23(32)28-22-14-18(19-8-5-11-37-19)30-31(22)26-27-17-7-4-6-16(17)25(33)29-26/h5,8-14H,4,6-7H2,1-3H3,(H,28,32)(H,27,29,33)/b10-9-. The largest absolute Gasteiger partial charge is 0.493 e. The van der Waals surface area contributed by atoms with E-state index in [-0.39, 0.29) is 11.5 Å². The maximum atomic E-state index is 12.9. The third-order valence-corrected chi connectivity index (χ3v) is 5.98. The molecule has 4 aromatic rings. The van der Waals surface area contributed by atoms with Crippen molar-refractivity contribution in [3.63, 3.8) is 0 Å². The Balaban J connectivity index is 1.46. The molecule has 11 nitrogen and oxygen atoms in total. The van der Waals surface area contributed by atoms with Crippen LogP contribution in [0.2, 0.25) is 0 Å². The number of fused-ring (bicyclic) bond motifs is 1. The number of aryl methyl sites for hydroxylation is 1. The maximum Gasteiger partial charge on any atom is 0.255 e. The zero-order chi connectivity index (χ0) is 25.9. The third kappa shape index (κ3) is 4.70. The second-order valence-electron chi connectivity index (χ2n) is 8.25. The van der Waals surface area contributed by atoms with Gasteiger partial charge in [-0.2, -0.15) is 9.78 Å². The smallest absolute Gasteiger partial charge is 0.255 e. The number of hydrogen-bond donors (Lipinski definition) is 2. The van der Waals surface area contributed by atoms with E-state index in [2.05, 4.69) is 20.4 Å². The number of furan rings is 1. The molecule has 3 aromatic heterocycles. The van der Waals surface area contributed by atoms with Gasteiger partial charge in [0.1, 0.15) is 11.5 Å². The topological polar surface area (TPSA) is 134 Å². The van der Waals surface area contributed by atoms with Crippen molar-refractivity contribution in [3.05, 3.63) is 69.8 Å². The van der Waals surface area contributed by atoms with Gasteiger partial charge in [-0.3, -0.25) is 14.6 Å². The Bertz CT molecular complexity index is 1510. The molecule has 2 N–H and O–H groups in total. The SMILES string of the molecule is COc1cc(/C=C\C(=O)Nc2cc(-c3ccco3)nn2-c2nc3c(c(=O)[nH]2)CCC3)cc(OC)c1OC. The molecule has 0 bridgehead atoms. The Morgan fingerprint density at radius 2 is 1.92 bits per heavy atom. The molecule has 0 spiro atoms. The minimum Gasteiger partial charge on any atom is -0.493 e. The van der Waals surface area contributed by atoms with Crippen molar-refractivity contribution in [3.8, 4) is 34.7 Å². The monoisotopic (exact) mass is 503 g/mol. The van der Waals surface area contributed by atoms with Gasteiger partial charge in [-0.25, -0.2) is 4.98 Å². The number of ether oxygens (including phenoxy) is 3. The van der Waals surface area contributed by atoms with Gasteiger partial charge in [0.25, 0.3) is 5.56 Å². The lowest BCUT2D eigenvalue weighted by Gasteiger charge is -2.12. The van der Waals surface area contributed by atoms with Crippen molar-refractivity contribution in [2.75, 3.05) is 26.6 Å². The minimum absolute atomic E-state index is 0.202. The fourth-order valence-electron chi connectivity index (χ4n) is 4.24. The predicted molar refractivity (Wildman–Crippen MR) is 135 cm³/mol. The number of amides is 1. The number of benzene rings is 1. The van der Waals surface area contributed by atoms with E-state index < -0.39 is 5.91 Å². The third-order valence-electron chi connectivity index (χ3n) is 5.98. The zero-order valence-corrected chi connectivity index (χ0v) is 20.5. The molecule has 0 saturated heterocycles. The molecule has 0 radical (unpaired) electrons. The van der Waals surface area contributed by atoms with Gasteiger partial charge < -0.3 is 23.9 Å². The summed E-state index contributed by atoms with van der Waals surface area (Å²) in [5.74, 6) is 2.00. The number of nitrogens with one attached hydrogen (secondary N) is 2. The highest BCUT2D eigenvalue weighted by molar-refractivity contribution is 6.01. The number of H-pyrrole nitrogens is 1. The molecule has 0 saturated carbocycles. The van der Waals surface area contributed by atoms with Crippen LogP contribution < -0.4 is 25.1 Å². The van der Waals surface area contributed by atoms with E-state index in [1.54, 1.807) is 36.4 Å². The van der Waals surface area contributed by atoms with Crippen LogP contribution in [0.4, 0.5) is 5.82 Å². The van der Waals surface area contributed by atoms with E-state index >= 15 is 0 Å². The van der Waals surface area contributed by atoms with Crippen LogP contribution in [-0.2, 0) is 17.6 Å².